The average molecular weight is 634 g/mol. The summed E-state index contributed by atoms with van der Waals surface area (Å²) in [4.78, 5) is 28.0. The number of nitrogens with one attached hydrogen (secondary N) is 2. The van der Waals surface area contributed by atoms with Crippen molar-refractivity contribution in [1.29, 1.82) is 0 Å². The van der Waals surface area contributed by atoms with Gasteiger partial charge >= 0.3 is 6.03 Å². The first-order valence-electron chi connectivity index (χ1n) is 15.4. The molecule has 0 radical (unpaired) electrons. The third-order valence-corrected chi connectivity index (χ3v) is 10.4. The van der Waals surface area contributed by atoms with Crippen LogP contribution in [-0.4, -0.2) is 37.8 Å². The number of urea groups is 1. The lowest BCUT2D eigenvalue weighted by molar-refractivity contribution is -0.126. The third-order valence-electron chi connectivity index (χ3n) is 8.76. The zero-order valence-corrected chi connectivity index (χ0v) is 26.8. The van der Waals surface area contributed by atoms with Crippen molar-refractivity contribution >= 4 is 39.6 Å². The first-order valence-corrected chi connectivity index (χ1v) is 17.3. The summed E-state index contributed by atoms with van der Waals surface area (Å²) in [6.07, 6.45) is 7.78. The van der Waals surface area contributed by atoms with Crippen molar-refractivity contribution in [3.8, 4) is 0 Å². The van der Waals surface area contributed by atoms with Crippen LogP contribution in [-0.2, 0) is 27.7 Å². The Morgan fingerprint density at radius 3 is 2.20 bits per heavy atom. The van der Waals surface area contributed by atoms with Gasteiger partial charge < -0.3 is 10.2 Å². The van der Waals surface area contributed by atoms with Gasteiger partial charge in [-0.05, 0) is 97.0 Å². The molecule has 2 N–H and O–H groups in total. The van der Waals surface area contributed by atoms with Gasteiger partial charge in [-0.25, -0.2) is 17.9 Å². The lowest BCUT2D eigenvalue weighted by Gasteiger charge is -2.26. The quantitative estimate of drug-likeness (QED) is 0.246. The number of carbonyl (C=O) groups excluding carboxylic acids is 2. The monoisotopic (exact) mass is 633 g/mol. The lowest BCUT2D eigenvalue weighted by Crippen LogP contribution is -2.45. The number of likely N-dealkylation sites (tertiary alicyclic amines) is 1. The van der Waals surface area contributed by atoms with Gasteiger partial charge in [0.15, 0.2) is 0 Å². The van der Waals surface area contributed by atoms with Crippen LogP contribution < -0.4 is 10.0 Å². The van der Waals surface area contributed by atoms with Gasteiger partial charge in [-0.15, -0.1) is 0 Å². The second-order valence-corrected chi connectivity index (χ2v) is 14.1. The first kappa shape index (κ1) is 31.8. The van der Waals surface area contributed by atoms with Gasteiger partial charge in [-0.3, -0.25) is 4.79 Å². The average Bonchev–Trinajstić information content (AvgIpc) is 3.32. The Balaban J connectivity index is 1.26. The molecule has 232 valence electrons. The summed E-state index contributed by atoms with van der Waals surface area (Å²) < 4.78 is 27.9. The van der Waals surface area contributed by atoms with E-state index in [0.717, 1.165) is 54.4 Å². The van der Waals surface area contributed by atoms with Crippen LogP contribution in [0.25, 0.3) is 6.08 Å². The van der Waals surface area contributed by atoms with Crippen LogP contribution in [0.1, 0.15) is 74.2 Å². The minimum atomic E-state index is -4.01. The van der Waals surface area contributed by atoms with E-state index >= 15 is 0 Å². The van der Waals surface area contributed by atoms with Crippen molar-refractivity contribution < 1.29 is 18.0 Å². The fourth-order valence-electron chi connectivity index (χ4n) is 6.03. The van der Waals surface area contributed by atoms with Crippen LogP contribution in [0.15, 0.2) is 83.3 Å². The molecule has 1 saturated carbocycles. The third kappa shape index (κ3) is 7.90. The van der Waals surface area contributed by atoms with E-state index in [9.17, 15) is 18.0 Å². The summed E-state index contributed by atoms with van der Waals surface area (Å²) in [6.45, 7) is 4.78. The number of sulfonamides is 1. The van der Waals surface area contributed by atoms with E-state index < -0.39 is 16.1 Å². The molecular weight excluding hydrogens is 594 g/mol. The maximum atomic E-state index is 13.7. The van der Waals surface area contributed by atoms with E-state index in [-0.39, 0.29) is 22.9 Å². The molecule has 2 aliphatic rings. The summed E-state index contributed by atoms with van der Waals surface area (Å²) in [5, 5.41) is 3.45. The molecule has 0 spiro atoms. The maximum absolute atomic E-state index is 13.7. The number of nitrogens with zero attached hydrogens (tertiary/aromatic N) is 1. The molecule has 7 nitrogen and oxygen atoms in total. The van der Waals surface area contributed by atoms with E-state index in [1.165, 1.54) is 17.7 Å². The molecule has 1 unspecified atom stereocenters. The van der Waals surface area contributed by atoms with Crippen LogP contribution in [0.2, 0.25) is 5.02 Å². The zero-order chi connectivity index (χ0) is 31.3. The molecule has 9 heteroatoms. The molecule has 44 heavy (non-hydrogen) atoms. The molecular formula is C35H40ClN3O4S. The first-order chi connectivity index (χ1) is 21.1. The van der Waals surface area contributed by atoms with Gasteiger partial charge in [0.25, 0.3) is 10.0 Å². The van der Waals surface area contributed by atoms with E-state index in [4.69, 9.17) is 11.6 Å². The number of benzene rings is 3. The summed E-state index contributed by atoms with van der Waals surface area (Å²) in [5.41, 5.74) is 4.89. The van der Waals surface area contributed by atoms with Gasteiger partial charge in [0.2, 0.25) is 5.91 Å². The zero-order valence-electron chi connectivity index (χ0n) is 25.3. The Bertz CT molecular complexity index is 1600. The number of hydrogen-bond acceptors (Lipinski definition) is 4. The van der Waals surface area contributed by atoms with Crippen LogP contribution in [0.4, 0.5) is 4.79 Å². The predicted octanol–water partition coefficient (Wildman–Crippen LogP) is 7.07. The van der Waals surface area contributed by atoms with Gasteiger partial charge in [0.1, 0.15) is 0 Å². The number of aryl methyl sites for hydroxylation is 1. The Hall–Kier alpha value is -3.62. The highest BCUT2D eigenvalue weighted by atomic mass is 35.5. The number of amides is 3. The molecule has 0 aromatic heterocycles. The number of hydrogen-bond donors (Lipinski definition) is 2. The van der Waals surface area contributed by atoms with Crippen molar-refractivity contribution in [3.05, 3.63) is 106 Å². The summed E-state index contributed by atoms with van der Waals surface area (Å²) in [6, 6.07) is 21.6. The fourth-order valence-corrected chi connectivity index (χ4v) is 7.07. The van der Waals surface area contributed by atoms with Crippen molar-refractivity contribution in [2.45, 2.75) is 75.8 Å². The second kappa shape index (κ2) is 14.0. The molecule has 1 aliphatic carbocycles. The number of carbonyl (C=O) groups is 2. The van der Waals surface area contributed by atoms with E-state index in [1.54, 1.807) is 12.1 Å². The molecule has 1 atom stereocenters. The van der Waals surface area contributed by atoms with Gasteiger partial charge in [0, 0.05) is 29.6 Å². The van der Waals surface area contributed by atoms with Crippen LogP contribution in [0, 0.1) is 5.92 Å². The minimum absolute atomic E-state index is 0.00738. The Labute approximate surface area is 265 Å². The molecule has 1 heterocycles. The van der Waals surface area contributed by atoms with Crippen molar-refractivity contribution in [2.24, 2.45) is 5.92 Å². The van der Waals surface area contributed by atoms with E-state index in [2.05, 4.69) is 48.2 Å². The smallest absolute Gasteiger partial charge is 0.328 e. The van der Waals surface area contributed by atoms with Gasteiger partial charge in [-0.1, -0.05) is 74.0 Å². The van der Waals surface area contributed by atoms with E-state index in [1.807, 2.05) is 35.2 Å². The van der Waals surface area contributed by atoms with Crippen LogP contribution >= 0.6 is 11.6 Å². The molecule has 3 amide bonds. The summed E-state index contributed by atoms with van der Waals surface area (Å²) in [5.74, 6) is 0.624. The highest BCUT2D eigenvalue weighted by molar-refractivity contribution is 7.90. The Morgan fingerprint density at radius 2 is 1.57 bits per heavy atom. The highest BCUT2D eigenvalue weighted by Crippen LogP contribution is 2.37. The highest BCUT2D eigenvalue weighted by Gasteiger charge is 2.35. The number of rotatable bonds is 9. The minimum Gasteiger partial charge on any atom is -0.335 e. The Kier molecular flexibility index (Phi) is 10.1. The second-order valence-electron chi connectivity index (χ2n) is 12.0. The lowest BCUT2D eigenvalue weighted by atomic mass is 9.87. The molecule has 5 rings (SSSR count). The fraction of sp³-hybridized carbons (Fsp3) is 0.371. The van der Waals surface area contributed by atoms with Crippen LogP contribution in [0.3, 0.4) is 0 Å². The maximum Gasteiger partial charge on any atom is 0.328 e. The molecule has 1 aliphatic heterocycles. The SMILES string of the molecule is CCc1ccc(C2C/C(=C\c3ccc(Cl)cc3)C(=O)N2CCc2ccc(S(=O)(=O)NC(=O)NC3CCC(C)CC3)cc2)cc1. The Morgan fingerprint density at radius 1 is 0.932 bits per heavy atom. The molecule has 3 aromatic carbocycles. The van der Waals surface area contributed by atoms with Crippen molar-refractivity contribution in [2.75, 3.05) is 6.54 Å². The molecule has 0 bridgehead atoms. The topological polar surface area (TPSA) is 95.6 Å². The molecule has 3 aromatic rings. The van der Waals surface area contributed by atoms with Crippen molar-refractivity contribution in [1.82, 2.24) is 14.9 Å². The standard InChI is InChI=1S/C35H40ClN3O4S/c1-3-25-6-12-28(13-7-25)33-23-29(22-27-8-14-30(36)15-9-27)34(40)39(33)21-20-26-10-18-32(19-11-26)44(42,43)38-35(41)37-31-16-4-24(2)5-17-31/h6-15,18-19,22,24,31,33H,3-5,16-17,20-21,23H2,1-2H3,(H2,37,38,41)/b29-22+. The normalized spacial score (nSPS) is 21.4. The summed E-state index contributed by atoms with van der Waals surface area (Å²) >= 11 is 6.05. The van der Waals surface area contributed by atoms with Gasteiger partial charge in [-0.2, -0.15) is 0 Å². The largest absolute Gasteiger partial charge is 0.335 e. The molecule has 1 saturated heterocycles. The van der Waals surface area contributed by atoms with Crippen LogP contribution in [0.5, 0.6) is 0 Å². The number of halogens is 1. The molecule has 2 fully saturated rings. The summed E-state index contributed by atoms with van der Waals surface area (Å²) in [7, 11) is -4.01. The predicted molar refractivity (Wildman–Crippen MR) is 175 cm³/mol. The van der Waals surface area contributed by atoms with Gasteiger partial charge in [0.05, 0.1) is 10.9 Å². The van der Waals surface area contributed by atoms with Crippen molar-refractivity contribution in [3.63, 3.8) is 0 Å². The van der Waals surface area contributed by atoms with E-state index in [0.29, 0.717) is 30.3 Å².